The molecule has 108 valence electrons. The largest absolute Gasteiger partial charge is 0.478 e. The van der Waals surface area contributed by atoms with Gasteiger partial charge in [-0.3, -0.25) is 0 Å². The number of hydrogen-bond donors (Lipinski definition) is 1. The second kappa shape index (κ2) is 6.55. The number of carboxylic acid groups (broad SMARTS) is 1. The molecule has 0 fully saturated rings. The fraction of sp³-hybridized carbons (Fsp3) is 0.500. The normalized spacial score (nSPS) is 11.1. The number of rotatable bonds is 7. The van der Waals surface area contributed by atoms with E-state index < -0.39 is 5.97 Å². The lowest BCUT2D eigenvalue weighted by Crippen LogP contribution is -2.04. The predicted octanol–water partition coefficient (Wildman–Crippen LogP) is 3.88. The predicted molar refractivity (Wildman–Crippen MR) is 80.2 cm³/mol. The maximum absolute atomic E-state index is 11.3. The molecule has 2 aromatic rings. The molecule has 1 heterocycles. The number of benzene rings is 1. The van der Waals surface area contributed by atoms with E-state index in [9.17, 15) is 9.90 Å². The van der Waals surface area contributed by atoms with Crippen LogP contribution in [0.1, 0.15) is 55.7 Å². The van der Waals surface area contributed by atoms with Crippen molar-refractivity contribution >= 4 is 17.0 Å². The molecule has 0 saturated carbocycles. The number of carbonyl (C=O) groups is 1. The van der Waals surface area contributed by atoms with Gasteiger partial charge in [0.2, 0.25) is 0 Å². The number of unbranched alkanes of at least 4 members (excludes halogenated alkanes) is 2. The van der Waals surface area contributed by atoms with Crippen molar-refractivity contribution in [3.05, 3.63) is 29.6 Å². The molecule has 1 aromatic heterocycles. The summed E-state index contributed by atoms with van der Waals surface area (Å²) in [6, 6.07) is 5.41. The van der Waals surface area contributed by atoms with Gasteiger partial charge in [-0.15, -0.1) is 0 Å². The van der Waals surface area contributed by atoms with Crippen LogP contribution in [0.15, 0.2) is 18.2 Å². The number of hydrogen-bond acceptors (Lipinski definition) is 2. The van der Waals surface area contributed by atoms with Crippen LogP contribution in [0.25, 0.3) is 11.0 Å². The van der Waals surface area contributed by atoms with E-state index in [0.717, 1.165) is 37.1 Å². The molecule has 20 heavy (non-hydrogen) atoms. The van der Waals surface area contributed by atoms with Crippen LogP contribution in [-0.4, -0.2) is 20.6 Å². The Bertz CT molecular complexity index is 602. The third kappa shape index (κ3) is 2.84. The van der Waals surface area contributed by atoms with Crippen LogP contribution in [0.4, 0.5) is 0 Å². The summed E-state index contributed by atoms with van der Waals surface area (Å²) in [5.41, 5.74) is 1.87. The van der Waals surface area contributed by atoms with Gasteiger partial charge in [-0.25, -0.2) is 9.78 Å². The number of carboxylic acids is 1. The van der Waals surface area contributed by atoms with Gasteiger partial charge in [0, 0.05) is 13.0 Å². The lowest BCUT2D eigenvalue weighted by molar-refractivity contribution is 0.0699. The number of nitrogens with zero attached hydrogens (tertiary/aromatic N) is 2. The average Bonchev–Trinajstić information content (AvgIpc) is 2.77. The van der Waals surface area contributed by atoms with Gasteiger partial charge in [-0.1, -0.05) is 32.8 Å². The molecule has 2 rings (SSSR count). The van der Waals surface area contributed by atoms with Gasteiger partial charge in [-0.05, 0) is 25.0 Å². The molecule has 0 unspecified atom stereocenters. The van der Waals surface area contributed by atoms with E-state index in [-0.39, 0.29) is 0 Å². The maximum atomic E-state index is 11.3. The highest BCUT2D eigenvalue weighted by atomic mass is 16.4. The van der Waals surface area contributed by atoms with E-state index >= 15 is 0 Å². The Morgan fingerprint density at radius 1 is 1.25 bits per heavy atom. The molecular weight excluding hydrogens is 252 g/mol. The summed E-state index contributed by atoms with van der Waals surface area (Å²) in [7, 11) is 0. The molecule has 1 aromatic carbocycles. The summed E-state index contributed by atoms with van der Waals surface area (Å²) in [5.74, 6) is 0.101. The summed E-state index contributed by atoms with van der Waals surface area (Å²) in [5, 5.41) is 9.28. The first-order chi connectivity index (χ1) is 9.69. The van der Waals surface area contributed by atoms with Crippen molar-refractivity contribution in [2.75, 3.05) is 0 Å². The second-order valence-corrected chi connectivity index (χ2v) is 5.12. The van der Waals surface area contributed by atoms with Gasteiger partial charge in [0.1, 0.15) is 11.3 Å². The minimum absolute atomic E-state index is 0.300. The first-order valence-electron chi connectivity index (χ1n) is 7.40. The Balaban J connectivity index is 2.48. The van der Waals surface area contributed by atoms with Crippen molar-refractivity contribution in [2.24, 2.45) is 0 Å². The van der Waals surface area contributed by atoms with Crippen LogP contribution in [0.2, 0.25) is 0 Å². The van der Waals surface area contributed by atoms with E-state index in [4.69, 9.17) is 0 Å². The van der Waals surface area contributed by atoms with Gasteiger partial charge in [0.05, 0.1) is 11.1 Å². The molecule has 0 amide bonds. The minimum atomic E-state index is -0.906. The number of fused-ring (bicyclic) bond motifs is 1. The number of aryl methyl sites for hydroxylation is 2. The fourth-order valence-electron chi connectivity index (χ4n) is 2.55. The van der Waals surface area contributed by atoms with Crippen LogP contribution >= 0.6 is 0 Å². The van der Waals surface area contributed by atoms with E-state index in [1.54, 1.807) is 12.1 Å². The van der Waals surface area contributed by atoms with E-state index in [0.29, 0.717) is 11.1 Å². The first kappa shape index (κ1) is 14.6. The highest BCUT2D eigenvalue weighted by Crippen LogP contribution is 2.22. The Morgan fingerprint density at radius 3 is 2.70 bits per heavy atom. The van der Waals surface area contributed by atoms with Crippen molar-refractivity contribution in [3.63, 3.8) is 0 Å². The van der Waals surface area contributed by atoms with Crippen LogP contribution in [0.5, 0.6) is 0 Å². The Morgan fingerprint density at radius 2 is 2.05 bits per heavy atom. The highest BCUT2D eigenvalue weighted by molar-refractivity contribution is 6.01. The van der Waals surface area contributed by atoms with Gasteiger partial charge in [0.25, 0.3) is 0 Å². The first-order valence-corrected chi connectivity index (χ1v) is 7.40. The van der Waals surface area contributed by atoms with Crippen LogP contribution < -0.4 is 0 Å². The van der Waals surface area contributed by atoms with E-state index in [1.165, 1.54) is 12.8 Å². The summed E-state index contributed by atoms with van der Waals surface area (Å²) in [6.45, 7) is 5.22. The molecule has 4 nitrogen and oxygen atoms in total. The summed E-state index contributed by atoms with van der Waals surface area (Å²) >= 11 is 0. The third-order valence-corrected chi connectivity index (χ3v) is 3.55. The molecule has 4 heteroatoms. The lowest BCUT2D eigenvalue weighted by Gasteiger charge is -2.08. The topological polar surface area (TPSA) is 55.1 Å². The molecule has 1 N–H and O–H groups in total. The number of imidazole rings is 1. The second-order valence-electron chi connectivity index (χ2n) is 5.12. The Kier molecular flexibility index (Phi) is 4.77. The quantitative estimate of drug-likeness (QED) is 0.780. The monoisotopic (exact) mass is 274 g/mol. The number of aromatic carboxylic acids is 1. The molecule has 0 aliphatic carbocycles. The number of aromatic nitrogens is 2. The summed E-state index contributed by atoms with van der Waals surface area (Å²) < 4.78 is 2.20. The molecule has 0 spiro atoms. The summed E-state index contributed by atoms with van der Waals surface area (Å²) in [4.78, 5) is 15.9. The lowest BCUT2D eigenvalue weighted by atomic mass is 10.2. The third-order valence-electron chi connectivity index (χ3n) is 3.55. The highest BCUT2D eigenvalue weighted by Gasteiger charge is 2.16. The minimum Gasteiger partial charge on any atom is -0.478 e. The average molecular weight is 274 g/mol. The molecule has 0 aliphatic rings. The molecule has 0 bridgehead atoms. The van der Waals surface area contributed by atoms with E-state index in [2.05, 4.69) is 23.4 Å². The molecular formula is C16H22N2O2. The van der Waals surface area contributed by atoms with Crippen molar-refractivity contribution in [1.82, 2.24) is 9.55 Å². The maximum Gasteiger partial charge on any atom is 0.337 e. The zero-order valence-electron chi connectivity index (χ0n) is 12.2. The Hall–Kier alpha value is -1.84. The van der Waals surface area contributed by atoms with Crippen LogP contribution in [-0.2, 0) is 13.0 Å². The zero-order chi connectivity index (χ0) is 14.5. The Labute approximate surface area is 119 Å². The molecule has 0 saturated heterocycles. The number of para-hydroxylation sites is 1. The SMILES string of the molecule is CCCCCn1c(CCC)nc2c(C(=O)O)cccc21. The standard InChI is InChI=1S/C16H22N2O2/c1-3-5-6-11-18-13-10-7-9-12(16(19)20)15(13)17-14(18)8-4-2/h7,9-10H,3-6,8,11H2,1-2H3,(H,19,20). The summed E-state index contributed by atoms with van der Waals surface area (Å²) in [6.07, 6.45) is 5.37. The van der Waals surface area contributed by atoms with Crippen molar-refractivity contribution in [1.29, 1.82) is 0 Å². The molecule has 0 radical (unpaired) electrons. The van der Waals surface area contributed by atoms with Crippen molar-refractivity contribution in [3.8, 4) is 0 Å². The van der Waals surface area contributed by atoms with Crippen molar-refractivity contribution < 1.29 is 9.90 Å². The van der Waals surface area contributed by atoms with Gasteiger partial charge >= 0.3 is 5.97 Å². The molecule has 0 aliphatic heterocycles. The van der Waals surface area contributed by atoms with Gasteiger partial charge in [0.15, 0.2) is 0 Å². The molecule has 0 atom stereocenters. The van der Waals surface area contributed by atoms with Gasteiger partial charge in [-0.2, -0.15) is 0 Å². The van der Waals surface area contributed by atoms with Crippen LogP contribution in [0.3, 0.4) is 0 Å². The van der Waals surface area contributed by atoms with E-state index in [1.807, 2.05) is 6.07 Å². The fourth-order valence-corrected chi connectivity index (χ4v) is 2.55. The van der Waals surface area contributed by atoms with Crippen LogP contribution in [0, 0.1) is 0 Å². The van der Waals surface area contributed by atoms with Crippen molar-refractivity contribution in [2.45, 2.75) is 52.5 Å². The zero-order valence-corrected chi connectivity index (χ0v) is 12.2. The van der Waals surface area contributed by atoms with Gasteiger partial charge < -0.3 is 9.67 Å². The smallest absolute Gasteiger partial charge is 0.337 e.